The lowest BCUT2D eigenvalue weighted by Crippen LogP contribution is -2.43. The van der Waals surface area contributed by atoms with Crippen LogP contribution in [0, 0.1) is 0 Å². The highest BCUT2D eigenvalue weighted by atomic mass is 16.2. The molecule has 0 saturated carbocycles. The fraction of sp³-hybridized carbons (Fsp3) is 0.133. The van der Waals surface area contributed by atoms with Gasteiger partial charge < -0.3 is 0 Å². The van der Waals surface area contributed by atoms with E-state index < -0.39 is 6.03 Å². The first-order chi connectivity index (χ1) is 9.69. The van der Waals surface area contributed by atoms with E-state index in [9.17, 15) is 4.79 Å². The predicted molar refractivity (Wildman–Crippen MR) is 80.4 cm³/mol. The Morgan fingerprint density at radius 3 is 1.45 bits per heavy atom. The van der Waals surface area contributed by atoms with Crippen LogP contribution < -0.4 is 22.5 Å². The Balaban J connectivity index is 0.000000286. The van der Waals surface area contributed by atoms with Crippen molar-refractivity contribution < 1.29 is 4.79 Å². The van der Waals surface area contributed by atoms with Gasteiger partial charge in [0.2, 0.25) is 0 Å². The number of rotatable bonds is 2. The van der Waals surface area contributed by atoms with Gasteiger partial charge in [0.05, 0.1) is 0 Å². The van der Waals surface area contributed by atoms with Gasteiger partial charge >= 0.3 is 6.03 Å². The highest BCUT2D eigenvalue weighted by molar-refractivity contribution is 5.72. The van der Waals surface area contributed by atoms with Crippen LogP contribution in [0.4, 0.5) is 4.79 Å². The minimum atomic E-state index is -0.602. The molecule has 5 nitrogen and oxygen atoms in total. The molecule has 2 aromatic carbocycles. The van der Waals surface area contributed by atoms with Crippen LogP contribution in [0.2, 0.25) is 0 Å². The van der Waals surface area contributed by atoms with Crippen molar-refractivity contribution in [3.8, 4) is 0 Å². The summed E-state index contributed by atoms with van der Waals surface area (Å²) in [6.45, 7) is 2.24. The number of nitrogens with two attached hydrogens (primary N) is 2. The van der Waals surface area contributed by atoms with Crippen molar-refractivity contribution in [2.45, 2.75) is 12.8 Å². The molecule has 0 heterocycles. The molecule has 106 valence electrons. The average Bonchev–Trinajstić information content (AvgIpc) is 2.55. The van der Waals surface area contributed by atoms with Gasteiger partial charge in [-0.05, 0) is 11.1 Å². The zero-order chi connectivity index (χ0) is 14.8. The molecule has 0 unspecified atom stereocenters. The third-order valence-electron chi connectivity index (χ3n) is 2.86. The molecule has 0 radical (unpaired) electrons. The summed E-state index contributed by atoms with van der Waals surface area (Å²) in [5.41, 5.74) is 6.23. The van der Waals surface area contributed by atoms with Gasteiger partial charge in [0.1, 0.15) is 0 Å². The number of hydrazine groups is 2. The van der Waals surface area contributed by atoms with Gasteiger partial charge in [0, 0.05) is 5.92 Å². The molecule has 0 bridgehead atoms. The molecule has 0 saturated heterocycles. The molecule has 0 aromatic heterocycles. The first kappa shape index (κ1) is 15.7. The third kappa shape index (κ3) is 5.09. The van der Waals surface area contributed by atoms with Gasteiger partial charge in [-0.3, -0.25) is 10.9 Å². The predicted octanol–water partition coefficient (Wildman–Crippen LogP) is 1.87. The summed E-state index contributed by atoms with van der Waals surface area (Å²) in [4.78, 5) is 9.71. The SMILES string of the molecule is CC(c1ccccc1)c1ccccc1.NNC(=O)NN. The Kier molecular flexibility index (Phi) is 6.81. The van der Waals surface area contributed by atoms with Gasteiger partial charge in [0.15, 0.2) is 0 Å². The van der Waals surface area contributed by atoms with Crippen molar-refractivity contribution in [1.29, 1.82) is 0 Å². The van der Waals surface area contributed by atoms with Crippen LogP contribution >= 0.6 is 0 Å². The van der Waals surface area contributed by atoms with E-state index in [-0.39, 0.29) is 0 Å². The topological polar surface area (TPSA) is 93.2 Å². The lowest BCUT2D eigenvalue weighted by atomic mass is 9.93. The Morgan fingerprint density at radius 1 is 0.850 bits per heavy atom. The lowest BCUT2D eigenvalue weighted by molar-refractivity contribution is 0.241. The number of carbonyl (C=O) groups excluding carboxylic acids is 1. The molecule has 20 heavy (non-hydrogen) atoms. The van der Waals surface area contributed by atoms with Crippen LogP contribution in [0.25, 0.3) is 0 Å². The summed E-state index contributed by atoms with van der Waals surface area (Å²) >= 11 is 0. The first-order valence-electron chi connectivity index (χ1n) is 6.26. The Labute approximate surface area is 118 Å². The van der Waals surface area contributed by atoms with E-state index in [1.165, 1.54) is 11.1 Å². The molecule has 0 aliphatic carbocycles. The molecule has 2 amide bonds. The van der Waals surface area contributed by atoms with Crippen molar-refractivity contribution in [1.82, 2.24) is 10.9 Å². The highest BCUT2D eigenvalue weighted by Crippen LogP contribution is 2.22. The maximum absolute atomic E-state index is 9.71. The number of nitrogens with one attached hydrogen (secondary N) is 2. The van der Waals surface area contributed by atoms with Gasteiger partial charge in [0.25, 0.3) is 0 Å². The van der Waals surface area contributed by atoms with Crippen LogP contribution in [0.5, 0.6) is 0 Å². The number of carbonyl (C=O) groups is 1. The fourth-order valence-electron chi connectivity index (χ4n) is 1.72. The molecule has 0 spiro atoms. The number of urea groups is 1. The van der Waals surface area contributed by atoms with E-state index in [4.69, 9.17) is 0 Å². The highest BCUT2D eigenvalue weighted by Gasteiger charge is 2.05. The van der Waals surface area contributed by atoms with Crippen molar-refractivity contribution in [2.75, 3.05) is 0 Å². The Hall–Kier alpha value is -2.37. The quantitative estimate of drug-likeness (QED) is 0.382. The van der Waals surface area contributed by atoms with Crippen LogP contribution in [-0.4, -0.2) is 6.03 Å². The Bertz CT molecular complexity index is 456. The van der Waals surface area contributed by atoms with Crippen LogP contribution in [0.15, 0.2) is 60.7 Å². The number of hydrogen-bond donors (Lipinski definition) is 4. The first-order valence-corrected chi connectivity index (χ1v) is 6.26. The maximum atomic E-state index is 9.71. The molecular weight excluding hydrogens is 252 g/mol. The molecule has 0 aliphatic rings. The number of hydrogen-bond acceptors (Lipinski definition) is 3. The summed E-state index contributed by atoms with van der Waals surface area (Å²) in [5.74, 6) is 9.56. The second-order valence-corrected chi connectivity index (χ2v) is 4.16. The second kappa shape index (κ2) is 8.68. The smallest absolute Gasteiger partial charge is 0.275 e. The van der Waals surface area contributed by atoms with E-state index in [0.717, 1.165) is 0 Å². The molecule has 0 aliphatic heterocycles. The molecule has 2 aromatic rings. The zero-order valence-electron chi connectivity index (χ0n) is 11.4. The standard InChI is InChI=1S/C14H14.CH6N4O/c1-12(13-8-4-2-5-9-13)14-10-6-3-7-11-14;2-4-1(6)5-3/h2-12H,1H3;2-3H2,(H2,4,5,6). The van der Waals surface area contributed by atoms with E-state index in [2.05, 4.69) is 79.3 Å². The summed E-state index contributed by atoms with van der Waals surface area (Å²) in [6, 6.07) is 20.6. The van der Waals surface area contributed by atoms with E-state index in [0.29, 0.717) is 5.92 Å². The van der Waals surface area contributed by atoms with Crippen LogP contribution in [0.3, 0.4) is 0 Å². The van der Waals surface area contributed by atoms with Crippen LogP contribution in [0.1, 0.15) is 24.0 Å². The minimum absolute atomic E-state index is 0.484. The molecular formula is C15H20N4O. The summed E-state index contributed by atoms with van der Waals surface area (Å²) in [6.07, 6.45) is 0. The van der Waals surface area contributed by atoms with Crippen molar-refractivity contribution in [3.05, 3.63) is 71.8 Å². The van der Waals surface area contributed by atoms with Gasteiger partial charge in [-0.2, -0.15) is 0 Å². The largest absolute Gasteiger partial charge is 0.343 e. The van der Waals surface area contributed by atoms with E-state index >= 15 is 0 Å². The zero-order valence-corrected chi connectivity index (χ0v) is 11.4. The third-order valence-corrected chi connectivity index (χ3v) is 2.86. The lowest BCUT2D eigenvalue weighted by Gasteiger charge is -2.11. The molecule has 0 fully saturated rings. The van der Waals surface area contributed by atoms with Crippen molar-refractivity contribution in [2.24, 2.45) is 11.7 Å². The van der Waals surface area contributed by atoms with Crippen LogP contribution in [-0.2, 0) is 0 Å². The summed E-state index contributed by atoms with van der Waals surface area (Å²) in [7, 11) is 0. The molecule has 6 N–H and O–H groups in total. The maximum Gasteiger partial charge on any atom is 0.343 e. The van der Waals surface area contributed by atoms with Crippen molar-refractivity contribution in [3.63, 3.8) is 0 Å². The monoisotopic (exact) mass is 272 g/mol. The van der Waals surface area contributed by atoms with E-state index in [1.807, 2.05) is 0 Å². The molecule has 0 atom stereocenters. The summed E-state index contributed by atoms with van der Waals surface area (Å²) < 4.78 is 0. The Morgan fingerprint density at radius 2 is 1.20 bits per heavy atom. The van der Waals surface area contributed by atoms with Gasteiger partial charge in [-0.25, -0.2) is 16.5 Å². The minimum Gasteiger partial charge on any atom is -0.275 e. The molecule has 5 heteroatoms. The number of benzene rings is 2. The van der Waals surface area contributed by atoms with Gasteiger partial charge in [-0.1, -0.05) is 67.6 Å². The molecule has 2 rings (SSSR count). The normalized spacial score (nSPS) is 9.40. The average molecular weight is 272 g/mol. The van der Waals surface area contributed by atoms with Gasteiger partial charge in [-0.15, -0.1) is 0 Å². The summed E-state index contributed by atoms with van der Waals surface area (Å²) in [5, 5.41) is 0. The fourth-order valence-corrected chi connectivity index (χ4v) is 1.72. The van der Waals surface area contributed by atoms with E-state index in [1.54, 1.807) is 10.9 Å². The van der Waals surface area contributed by atoms with Crippen molar-refractivity contribution >= 4 is 6.03 Å². The second-order valence-electron chi connectivity index (χ2n) is 4.16. The number of amides is 2.